The highest BCUT2D eigenvalue weighted by Crippen LogP contribution is 2.33. The van der Waals surface area contributed by atoms with Crippen molar-refractivity contribution in [3.05, 3.63) is 23.3 Å². The summed E-state index contributed by atoms with van der Waals surface area (Å²) >= 11 is 0. The Labute approximate surface area is 71.5 Å². The molecule has 0 fully saturated rings. The molecule has 1 aromatic carbocycles. The molecule has 0 amide bonds. The molecular weight excluding hydrogens is 152 g/mol. The van der Waals surface area contributed by atoms with Gasteiger partial charge in [0.15, 0.2) is 0 Å². The van der Waals surface area contributed by atoms with E-state index in [9.17, 15) is 10.2 Å². The number of rotatable bonds is 0. The highest BCUT2D eigenvalue weighted by Gasteiger charge is 2.16. The minimum absolute atomic E-state index is 0.211. The fourth-order valence-electron chi connectivity index (χ4n) is 1.76. The Morgan fingerprint density at radius 2 is 1.75 bits per heavy atom. The molecule has 63 valence electrons. The van der Waals surface area contributed by atoms with Crippen LogP contribution in [0.1, 0.15) is 24.0 Å². The predicted octanol–water partition coefficient (Wildman–Crippen LogP) is 1.78. The Hall–Kier alpha value is -1.18. The van der Waals surface area contributed by atoms with E-state index in [-0.39, 0.29) is 11.5 Å². The topological polar surface area (TPSA) is 40.5 Å². The van der Waals surface area contributed by atoms with Crippen molar-refractivity contribution in [3.63, 3.8) is 0 Å². The second kappa shape index (κ2) is 2.70. The summed E-state index contributed by atoms with van der Waals surface area (Å²) in [5.41, 5.74) is 1.80. The van der Waals surface area contributed by atoms with Crippen molar-refractivity contribution in [1.82, 2.24) is 0 Å². The molecule has 1 aliphatic rings. The molecule has 0 atom stereocenters. The van der Waals surface area contributed by atoms with Gasteiger partial charge < -0.3 is 10.2 Å². The van der Waals surface area contributed by atoms with Crippen molar-refractivity contribution in [2.75, 3.05) is 0 Å². The van der Waals surface area contributed by atoms with E-state index in [2.05, 4.69) is 6.07 Å². The Bertz CT molecular complexity index is 274. The molecular formula is C10H11O2. The summed E-state index contributed by atoms with van der Waals surface area (Å²) < 4.78 is 0. The zero-order chi connectivity index (χ0) is 8.55. The van der Waals surface area contributed by atoms with E-state index in [0.29, 0.717) is 0 Å². The second-order valence-corrected chi connectivity index (χ2v) is 3.19. The van der Waals surface area contributed by atoms with Gasteiger partial charge >= 0.3 is 0 Å². The highest BCUT2D eigenvalue weighted by molar-refractivity contribution is 5.47. The first-order valence-electron chi connectivity index (χ1n) is 4.23. The van der Waals surface area contributed by atoms with Gasteiger partial charge in [0.25, 0.3) is 0 Å². The first-order chi connectivity index (χ1) is 5.79. The van der Waals surface area contributed by atoms with Crippen LogP contribution in [0.4, 0.5) is 0 Å². The van der Waals surface area contributed by atoms with Gasteiger partial charge in [-0.1, -0.05) is 0 Å². The maximum absolute atomic E-state index is 9.44. The highest BCUT2D eigenvalue weighted by atomic mass is 16.3. The van der Waals surface area contributed by atoms with E-state index in [1.54, 1.807) is 0 Å². The number of fused-ring (bicyclic) bond motifs is 1. The average Bonchev–Trinajstić information content (AvgIpc) is 2.12. The third-order valence-electron chi connectivity index (χ3n) is 2.41. The molecule has 2 rings (SSSR count). The minimum Gasteiger partial charge on any atom is -0.508 e. The van der Waals surface area contributed by atoms with Crippen LogP contribution in [-0.4, -0.2) is 10.2 Å². The van der Waals surface area contributed by atoms with Crippen LogP contribution in [0.5, 0.6) is 11.5 Å². The molecule has 0 spiro atoms. The lowest BCUT2D eigenvalue weighted by Gasteiger charge is -2.17. The number of phenolic OH excluding ortho intramolecular Hbond substituents is 2. The van der Waals surface area contributed by atoms with E-state index < -0.39 is 0 Å². The molecule has 0 bridgehead atoms. The molecule has 0 saturated carbocycles. The van der Waals surface area contributed by atoms with Crippen LogP contribution in [0, 0.1) is 6.07 Å². The molecule has 1 radical (unpaired) electrons. The van der Waals surface area contributed by atoms with Crippen molar-refractivity contribution in [3.8, 4) is 11.5 Å². The largest absolute Gasteiger partial charge is 0.508 e. The fourth-order valence-corrected chi connectivity index (χ4v) is 1.76. The lowest BCUT2D eigenvalue weighted by molar-refractivity contribution is 0.439. The summed E-state index contributed by atoms with van der Waals surface area (Å²) in [6.45, 7) is 0. The molecule has 0 unspecified atom stereocenters. The van der Waals surface area contributed by atoms with Crippen molar-refractivity contribution >= 4 is 0 Å². The lowest BCUT2D eigenvalue weighted by Crippen LogP contribution is -2.02. The molecule has 1 aromatic rings. The van der Waals surface area contributed by atoms with Crippen molar-refractivity contribution in [2.45, 2.75) is 25.7 Å². The molecule has 0 aliphatic heterocycles. The van der Waals surface area contributed by atoms with E-state index in [4.69, 9.17) is 0 Å². The van der Waals surface area contributed by atoms with Gasteiger partial charge in [-0.25, -0.2) is 0 Å². The SMILES string of the molecule is Oc1[c]cc(O)c2c1CCCC2. The van der Waals surface area contributed by atoms with Gasteiger partial charge in [-0.15, -0.1) is 0 Å². The summed E-state index contributed by atoms with van der Waals surface area (Å²) in [5, 5.41) is 18.9. The Kier molecular flexibility index (Phi) is 1.68. The van der Waals surface area contributed by atoms with Crippen LogP contribution in [0.2, 0.25) is 0 Å². The number of aromatic hydroxyl groups is 2. The first kappa shape index (κ1) is 7.47. The van der Waals surface area contributed by atoms with Gasteiger partial charge in [-0.3, -0.25) is 0 Å². The number of phenols is 2. The van der Waals surface area contributed by atoms with E-state index >= 15 is 0 Å². The Morgan fingerprint density at radius 1 is 1.08 bits per heavy atom. The Morgan fingerprint density at radius 3 is 2.42 bits per heavy atom. The van der Waals surface area contributed by atoms with Crippen molar-refractivity contribution in [1.29, 1.82) is 0 Å². The molecule has 1 aliphatic carbocycles. The molecule has 2 nitrogen and oxygen atoms in total. The normalized spacial score (nSPS) is 15.7. The van der Waals surface area contributed by atoms with Crippen LogP contribution < -0.4 is 0 Å². The molecule has 12 heavy (non-hydrogen) atoms. The van der Waals surface area contributed by atoms with Gasteiger partial charge in [-0.05, 0) is 31.7 Å². The summed E-state index contributed by atoms with van der Waals surface area (Å²) in [7, 11) is 0. The van der Waals surface area contributed by atoms with Crippen LogP contribution in [0.3, 0.4) is 0 Å². The zero-order valence-corrected chi connectivity index (χ0v) is 6.80. The van der Waals surface area contributed by atoms with Gasteiger partial charge in [0.2, 0.25) is 0 Å². The summed E-state index contributed by atoms with van der Waals surface area (Å²) in [4.78, 5) is 0. The predicted molar refractivity (Wildman–Crippen MR) is 45.2 cm³/mol. The summed E-state index contributed by atoms with van der Waals surface area (Å²) in [6.07, 6.45) is 3.94. The summed E-state index contributed by atoms with van der Waals surface area (Å²) in [6, 6.07) is 4.08. The average molecular weight is 163 g/mol. The van der Waals surface area contributed by atoms with Crippen molar-refractivity contribution < 1.29 is 10.2 Å². The zero-order valence-electron chi connectivity index (χ0n) is 6.80. The number of hydrogen-bond acceptors (Lipinski definition) is 2. The molecule has 2 heteroatoms. The van der Waals surface area contributed by atoms with E-state index in [0.717, 1.165) is 36.8 Å². The monoisotopic (exact) mass is 163 g/mol. The third kappa shape index (κ3) is 1.04. The Balaban J connectivity index is 2.57. The number of benzene rings is 1. The van der Waals surface area contributed by atoms with Gasteiger partial charge in [0.05, 0.1) is 0 Å². The van der Waals surface area contributed by atoms with Crippen LogP contribution in [-0.2, 0) is 12.8 Å². The minimum atomic E-state index is 0.211. The molecule has 2 N–H and O–H groups in total. The van der Waals surface area contributed by atoms with Gasteiger partial charge in [-0.2, -0.15) is 0 Å². The maximum Gasteiger partial charge on any atom is 0.127 e. The summed E-state index contributed by atoms with van der Waals surface area (Å²) in [5.74, 6) is 0.491. The van der Waals surface area contributed by atoms with Crippen LogP contribution >= 0.6 is 0 Å². The maximum atomic E-state index is 9.44. The standard InChI is InChI=1S/C10H11O2/c11-9-5-6-10(12)8-4-2-1-3-7(8)9/h5,11-12H,1-4H2. The molecule has 0 aromatic heterocycles. The van der Waals surface area contributed by atoms with Crippen LogP contribution in [0.15, 0.2) is 6.07 Å². The molecule has 0 heterocycles. The van der Waals surface area contributed by atoms with E-state index in [1.165, 1.54) is 6.07 Å². The molecule has 0 saturated heterocycles. The van der Waals surface area contributed by atoms with Gasteiger partial charge in [0, 0.05) is 17.2 Å². The second-order valence-electron chi connectivity index (χ2n) is 3.19. The third-order valence-corrected chi connectivity index (χ3v) is 2.41. The fraction of sp³-hybridized carbons (Fsp3) is 0.400. The van der Waals surface area contributed by atoms with E-state index in [1.807, 2.05) is 0 Å². The smallest absolute Gasteiger partial charge is 0.127 e. The first-order valence-corrected chi connectivity index (χ1v) is 4.23. The van der Waals surface area contributed by atoms with Gasteiger partial charge in [0.1, 0.15) is 11.5 Å². The van der Waals surface area contributed by atoms with Crippen molar-refractivity contribution in [2.24, 2.45) is 0 Å². The lowest BCUT2D eigenvalue weighted by atomic mass is 9.90. The van der Waals surface area contributed by atoms with Crippen LogP contribution in [0.25, 0.3) is 0 Å². The quantitative estimate of drug-likeness (QED) is 0.572. The number of hydrogen-bond donors (Lipinski definition) is 2.